The standard InChI is InChI=1S/C34H43FN8O4/c1-21-25-7-6-23(36)12-27(25)34(20-45-21)15-29-26(18-47-34)30(38-32(37-29)46-19-33-8-4-10-42(33)16-22(35)14-33)41-9-5-11-43-24(17-41)13-28(39-43)31(44)40(2)3/h6-7,12-13,21-22H,4-5,8-11,14-20,36H2,1-3H3/t21-,22+,33?,34-/m0/s1. The number of carbonyl (C=O) groups excluding carboxylic acids is 1. The molecule has 1 amide bonds. The van der Waals surface area contributed by atoms with Crippen LogP contribution >= 0.6 is 0 Å². The molecule has 0 radical (unpaired) electrons. The number of benzene rings is 1. The molecule has 13 heteroatoms. The molecule has 2 aromatic heterocycles. The monoisotopic (exact) mass is 646 g/mol. The molecule has 5 aliphatic heterocycles. The predicted octanol–water partition coefficient (Wildman–Crippen LogP) is 3.38. The van der Waals surface area contributed by atoms with Gasteiger partial charge in [0.05, 0.1) is 42.8 Å². The Morgan fingerprint density at radius 3 is 2.91 bits per heavy atom. The van der Waals surface area contributed by atoms with Gasteiger partial charge in [0, 0.05) is 57.8 Å². The summed E-state index contributed by atoms with van der Waals surface area (Å²) >= 11 is 0. The van der Waals surface area contributed by atoms with Gasteiger partial charge >= 0.3 is 6.01 Å². The fraction of sp³-hybridized carbons (Fsp3) is 0.588. The van der Waals surface area contributed by atoms with Crippen LogP contribution in [-0.4, -0.2) is 94.1 Å². The number of nitrogen functional groups attached to an aromatic ring is 1. The molecule has 3 aromatic rings. The average Bonchev–Trinajstić information content (AvgIpc) is 3.68. The molecule has 1 spiro atoms. The van der Waals surface area contributed by atoms with E-state index in [9.17, 15) is 9.18 Å². The van der Waals surface area contributed by atoms with Gasteiger partial charge in [0.1, 0.15) is 24.2 Å². The Balaban J connectivity index is 1.17. The van der Waals surface area contributed by atoms with Gasteiger partial charge in [-0.25, -0.2) is 4.39 Å². The molecule has 250 valence electrons. The minimum absolute atomic E-state index is 0.0772. The fourth-order valence-corrected chi connectivity index (χ4v) is 8.29. The van der Waals surface area contributed by atoms with Crippen molar-refractivity contribution >= 4 is 17.4 Å². The lowest BCUT2D eigenvalue weighted by atomic mass is 9.80. The SMILES string of the molecule is C[C@@H]1OC[C@@]2(Cc3nc(OCC45CCCN4C[C@H](F)C5)nc(N4CCCn5nc(C(=O)N(C)C)cc5C4)c3CO2)c2cc(N)ccc21. The molecular formula is C34H43FN8O4. The van der Waals surface area contributed by atoms with Crippen molar-refractivity contribution in [3.8, 4) is 6.01 Å². The number of fused-ring (bicyclic) bond motifs is 5. The van der Waals surface area contributed by atoms with Crippen LogP contribution < -0.4 is 15.4 Å². The molecule has 5 aliphatic rings. The number of nitrogens with two attached hydrogens (primary N) is 1. The zero-order valence-corrected chi connectivity index (χ0v) is 27.4. The van der Waals surface area contributed by atoms with Crippen LogP contribution in [0.2, 0.25) is 0 Å². The minimum atomic E-state index is -0.844. The maximum Gasteiger partial charge on any atom is 0.318 e. The number of carbonyl (C=O) groups is 1. The number of ether oxygens (including phenoxy) is 3. The molecule has 2 saturated heterocycles. The Kier molecular flexibility index (Phi) is 7.41. The van der Waals surface area contributed by atoms with Gasteiger partial charge in [-0.3, -0.25) is 14.4 Å². The number of hydrogen-bond acceptors (Lipinski definition) is 10. The molecular weight excluding hydrogens is 603 g/mol. The first-order valence-corrected chi connectivity index (χ1v) is 16.7. The van der Waals surface area contributed by atoms with E-state index < -0.39 is 11.8 Å². The largest absolute Gasteiger partial charge is 0.461 e. The third kappa shape index (κ3) is 5.23. The highest BCUT2D eigenvalue weighted by Gasteiger charge is 2.50. The lowest BCUT2D eigenvalue weighted by Gasteiger charge is -2.44. The van der Waals surface area contributed by atoms with E-state index in [1.54, 1.807) is 19.0 Å². The average molecular weight is 647 g/mol. The summed E-state index contributed by atoms with van der Waals surface area (Å²) in [7, 11) is 3.46. The van der Waals surface area contributed by atoms with Crippen molar-refractivity contribution in [1.29, 1.82) is 0 Å². The van der Waals surface area contributed by atoms with Crippen LogP contribution in [0.5, 0.6) is 6.01 Å². The lowest BCUT2D eigenvalue weighted by Crippen LogP contribution is -2.45. The molecule has 7 heterocycles. The quantitative estimate of drug-likeness (QED) is 0.413. The van der Waals surface area contributed by atoms with E-state index in [-0.39, 0.29) is 24.2 Å². The normalized spacial score (nSPS) is 28.4. The highest BCUT2D eigenvalue weighted by Crippen LogP contribution is 2.46. The maximum atomic E-state index is 14.6. The highest BCUT2D eigenvalue weighted by molar-refractivity contribution is 5.92. The second kappa shape index (κ2) is 11.4. The van der Waals surface area contributed by atoms with Gasteiger partial charge in [-0.1, -0.05) is 6.07 Å². The molecule has 0 bridgehead atoms. The summed E-state index contributed by atoms with van der Waals surface area (Å²) in [5, 5.41) is 4.62. The molecule has 12 nitrogen and oxygen atoms in total. The summed E-state index contributed by atoms with van der Waals surface area (Å²) in [5.74, 6) is 0.627. The van der Waals surface area contributed by atoms with Gasteiger partial charge in [-0.05, 0) is 62.1 Å². The number of aromatic nitrogens is 4. The van der Waals surface area contributed by atoms with Crippen LogP contribution in [0, 0.1) is 0 Å². The van der Waals surface area contributed by atoms with Gasteiger partial charge in [-0.15, -0.1) is 0 Å². The number of aryl methyl sites for hydroxylation is 1. The van der Waals surface area contributed by atoms with E-state index in [4.69, 9.17) is 29.9 Å². The summed E-state index contributed by atoms with van der Waals surface area (Å²) in [5.41, 5.74) is 11.1. The highest BCUT2D eigenvalue weighted by atomic mass is 19.1. The van der Waals surface area contributed by atoms with Crippen molar-refractivity contribution in [3.05, 3.63) is 58.0 Å². The molecule has 2 N–H and O–H groups in total. The first kappa shape index (κ1) is 30.5. The van der Waals surface area contributed by atoms with Gasteiger partial charge in [0.2, 0.25) is 0 Å². The molecule has 8 rings (SSSR count). The maximum absolute atomic E-state index is 14.6. The molecule has 47 heavy (non-hydrogen) atoms. The smallest absolute Gasteiger partial charge is 0.318 e. The fourth-order valence-electron chi connectivity index (χ4n) is 8.29. The van der Waals surface area contributed by atoms with Crippen LogP contribution in [0.25, 0.3) is 0 Å². The minimum Gasteiger partial charge on any atom is -0.461 e. The van der Waals surface area contributed by atoms with Crippen molar-refractivity contribution in [2.24, 2.45) is 0 Å². The van der Waals surface area contributed by atoms with Crippen LogP contribution in [0.15, 0.2) is 24.3 Å². The number of halogens is 1. The van der Waals surface area contributed by atoms with Crippen LogP contribution in [0.3, 0.4) is 0 Å². The third-order valence-electron chi connectivity index (χ3n) is 10.7. The lowest BCUT2D eigenvalue weighted by molar-refractivity contribution is -0.148. The van der Waals surface area contributed by atoms with Gasteiger partial charge in [0.25, 0.3) is 5.91 Å². The molecule has 4 atom stereocenters. The molecule has 1 aromatic carbocycles. The Morgan fingerprint density at radius 2 is 2.06 bits per heavy atom. The number of amides is 1. The molecule has 0 saturated carbocycles. The summed E-state index contributed by atoms with van der Waals surface area (Å²) in [6.07, 6.45) is 2.77. The van der Waals surface area contributed by atoms with E-state index in [0.717, 1.165) is 66.2 Å². The number of rotatable bonds is 5. The molecule has 1 unspecified atom stereocenters. The van der Waals surface area contributed by atoms with Crippen LogP contribution in [0.1, 0.15) is 77.3 Å². The van der Waals surface area contributed by atoms with Gasteiger partial charge < -0.3 is 29.7 Å². The number of hydrogen-bond donors (Lipinski definition) is 1. The van der Waals surface area contributed by atoms with Crippen molar-refractivity contribution in [2.45, 2.75) is 82.1 Å². The topological polar surface area (TPSA) is 124 Å². The van der Waals surface area contributed by atoms with E-state index in [1.165, 1.54) is 0 Å². The number of anilines is 2. The first-order chi connectivity index (χ1) is 22.6. The van der Waals surface area contributed by atoms with E-state index >= 15 is 0 Å². The number of alkyl halides is 1. The summed E-state index contributed by atoms with van der Waals surface area (Å²) in [6.45, 7) is 6.34. The van der Waals surface area contributed by atoms with Gasteiger partial charge in [-0.2, -0.15) is 15.1 Å². The summed E-state index contributed by atoms with van der Waals surface area (Å²) < 4.78 is 36.0. The van der Waals surface area contributed by atoms with E-state index in [1.807, 2.05) is 35.9 Å². The summed E-state index contributed by atoms with van der Waals surface area (Å²) in [4.78, 5) is 28.8. The Morgan fingerprint density at radius 1 is 1.19 bits per heavy atom. The van der Waals surface area contributed by atoms with Crippen molar-refractivity contribution < 1.29 is 23.4 Å². The van der Waals surface area contributed by atoms with Crippen molar-refractivity contribution in [1.82, 2.24) is 29.5 Å². The zero-order valence-electron chi connectivity index (χ0n) is 27.4. The molecule has 2 fully saturated rings. The second-order valence-electron chi connectivity index (χ2n) is 14.1. The van der Waals surface area contributed by atoms with E-state index in [2.05, 4.69) is 14.9 Å². The molecule has 0 aliphatic carbocycles. The Labute approximate surface area is 274 Å². The number of nitrogens with zero attached hydrogens (tertiary/aromatic N) is 7. The Hall–Kier alpha value is -3.81. The predicted molar refractivity (Wildman–Crippen MR) is 172 cm³/mol. The summed E-state index contributed by atoms with van der Waals surface area (Å²) in [6, 6.07) is 8.10. The van der Waals surface area contributed by atoms with Crippen LogP contribution in [0.4, 0.5) is 15.9 Å². The zero-order chi connectivity index (χ0) is 32.5. The van der Waals surface area contributed by atoms with Crippen molar-refractivity contribution in [2.75, 3.05) is 57.6 Å². The van der Waals surface area contributed by atoms with Gasteiger partial charge in [0.15, 0.2) is 5.69 Å². The Bertz CT molecular complexity index is 1720. The van der Waals surface area contributed by atoms with Crippen molar-refractivity contribution in [3.63, 3.8) is 0 Å². The second-order valence-corrected chi connectivity index (χ2v) is 14.1. The van der Waals surface area contributed by atoms with E-state index in [0.29, 0.717) is 63.1 Å². The van der Waals surface area contributed by atoms with Crippen LogP contribution in [-0.2, 0) is 41.2 Å². The third-order valence-corrected chi connectivity index (χ3v) is 10.7. The first-order valence-electron chi connectivity index (χ1n) is 16.7.